The molecule has 0 spiro atoms. The highest BCUT2D eigenvalue weighted by molar-refractivity contribution is 5.07. The molecule has 0 N–H and O–H groups in total. The predicted octanol–water partition coefficient (Wildman–Crippen LogP) is 7.85. The topological polar surface area (TPSA) is 12.5 Å². The lowest BCUT2D eigenvalue weighted by Crippen LogP contribution is -2.40. The summed E-state index contributed by atoms with van der Waals surface area (Å²) < 4.78 is 6.31. The van der Waals surface area contributed by atoms with Crippen molar-refractivity contribution < 1.29 is 4.74 Å². The summed E-state index contributed by atoms with van der Waals surface area (Å²) >= 11 is 0. The lowest BCUT2D eigenvalue weighted by Gasteiger charge is -2.35. The van der Waals surface area contributed by atoms with E-state index in [0.29, 0.717) is 12.0 Å². The molecular formula is C28H53NO. The highest BCUT2D eigenvalue weighted by Gasteiger charge is 2.23. The quantitative estimate of drug-likeness (QED) is 0.186. The zero-order valence-electron chi connectivity index (χ0n) is 21.2. The van der Waals surface area contributed by atoms with E-state index in [4.69, 9.17) is 4.74 Å². The number of ether oxygens (including phenoxy) is 1. The van der Waals surface area contributed by atoms with Crippen molar-refractivity contribution in [3.05, 3.63) is 0 Å². The summed E-state index contributed by atoms with van der Waals surface area (Å²) in [5.41, 5.74) is 0. The smallest absolute Gasteiger partial charge is 0.115 e. The lowest BCUT2D eigenvalue weighted by atomic mass is 9.93. The molecule has 1 aliphatic rings. The van der Waals surface area contributed by atoms with Gasteiger partial charge in [0.15, 0.2) is 0 Å². The molecule has 1 aliphatic heterocycles. The van der Waals surface area contributed by atoms with Crippen molar-refractivity contribution in [1.82, 2.24) is 4.90 Å². The third kappa shape index (κ3) is 13.0. The van der Waals surface area contributed by atoms with Gasteiger partial charge in [-0.1, -0.05) is 90.9 Å². The monoisotopic (exact) mass is 419 g/mol. The highest BCUT2D eigenvalue weighted by atomic mass is 16.5. The Morgan fingerprint density at radius 2 is 1.33 bits per heavy atom. The fraction of sp³-hybridized carbons (Fsp3) is 0.929. The van der Waals surface area contributed by atoms with Gasteiger partial charge in [0.25, 0.3) is 0 Å². The Balaban J connectivity index is 2.37. The second-order valence-corrected chi connectivity index (χ2v) is 9.70. The summed E-state index contributed by atoms with van der Waals surface area (Å²) in [6, 6.07) is 0. The molecule has 2 nitrogen and oxygen atoms in total. The van der Waals surface area contributed by atoms with Gasteiger partial charge in [0.1, 0.15) is 6.10 Å². The Labute approximate surface area is 189 Å². The summed E-state index contributed by atoms with van der Waals surface area (Å²) in [5, 5.41) is 0. The largest absolute Gasteiger partial charge is 0.362 e. The molecule has 176 valence electrons. The normalized spacial score (nSPS) is 16.8. The van der Waals surface area contributed by atoms with Crippen LogP contribution in [0, 0.1) is 23.7 Å². The number of hydrogen-bond acceptors (Lipinski definition) is 2. The van der Waals surface area contributed by atoms with Crippen LogP contribution in [0.15, 0.2) is 0 Å². The molecule has 1 heterocycles. The molecular weight excluding hydrogens is 366 g/mol. The Morgan fingerprint density at radius 3 is 1.83 bits per heavy atom. The van der Waals surface area contributed by atoms with Gasteiger partial charge in [-0.15, -0.1) is 0 Å². The molecule has 0 unspecified atom stereocenters. The maximum Gasteiger partial charge on any atom is 0.115 e. The van der Waals surface area contributed by atoms with Crippen LogP contribution in [-0.2, 0) is 4.74 Å². The van der Waals surface area contributed by atoms with Crippen molar-refractivity contribution in [2.45, 2.75) is 137 Å². The summed E-state index contributed by atoms with van der Waals surface area (Å²) in [6.45, 7) is 15.0. The minimum absolute atomic E-state index is 0.0774. The van der Waals surface area contributed by atoms with Crippen LogP contribution >= 0.6 is 0 Å². The molecule has 0 saturated carbocycles. The molecule has 0 amide bonds. The minimum Gasteiger partial charge on any atom is -0.362 e. The standard InChI is InChI=1S/C28H53NO/c1-6-10-12-16-27(17-13-11-7-2)24-29-22-20-28(21-23-29)30-25(5)18-19-26(14-8-3)15-9-4/h25-28H,6-17,20-24H2,1-5H3/t25-/m1/s1. The van der Waals surface area contributed by atoms with E-state index in [1.165, 1.54) is 110 Å². The van der Waals surface area contributed by atoms with Gasteiger partial charge in [-0.25, -0.2) is 0 Å². The van der Waals surface area contributed by atoms with E-state index in [-0.39, 0.29) is 6.10 Å². The number of rotatable bonds is 16. The van der Waals surface area contributed by atoms with E-state index in [0.717, 1.165) is 5.92 Å². The van der Waals surface area contributed by atoms with Crippen LogP contribution in [0.1, 0.15) is 125 Å². The number of unbranched alkanes of at least 4 members (excludes halogenated alkanes) is 4. The second-order valence-electron chi connectivity index (χ2n) is 9.70. The number of likely N-dealkylation sites (tertiary alicyclic amines) is 1. The maximum atomic E-state index is 6.31. The second kappa shape index (κ2) is 18.1. The van der Waals surface area contributed by atoms with Crippen LogP contribution in [-0.4, -0.2) is 36.7 Å². The molecule has 0 radical (unpaired) electrons. The SMILES string of the molecule is CCCCCC(CCCCC)CN1CCC(O[C@H](C)C#CC(CCC)CCC)CC1. The van der Waals surface area contributed by atoms with Gasteiger partial charge in [-0.3, -0.25) is 0 Å². The van der Waals surface area contributed by atoms with E-state index in [1.807, 2.05) is 0 Å². The third-order valence-electron chi connectivity index (χ3n) is 6.64. The average molecular weight is 420 g/mol. The number of nitrogens with zero attached hydrogens (tertiary/aromatic N) is 1. The Bertz CT molecular complexity index is 427. The van der Waals surface area contributed by atoms with E-state index in [2.05, 4.69) is 51.4 Å². The van der Waals surface area contributed by atoms with Crippen molar-refractivity contribution in [3.8, 4) is 11.8 Å². The summed E-state index contributed by atoms with van der Waals surface area (Å²) in [5.74, 6) is 8.39. The zero-order chi connectivity index (χ0) is 22.0. The van der Waals surface area contributed by atoms with Gasteiger partial charge >= 0.3 is 0 Å². The van der Waals surface area contributed by atoms with E-state index < -0.39 is 0 Å². The van der Waals surface area contributed by atoms with Crippen LogP contribution in [0.25, 0.3) is 0 Å². The van der Waals surface area contributed by atoms with E-state index >= 15 is 0 Å². The molecule has 30 heavy (non-hydrogen) atoms. The maximum absolute atomic E-state index is 6.31. The fourth-order valence-corrected chi connectivity index (χ4v) is 4.83. The first-order chi connectivity index (χ1) is 14.6. The summed E-state index contributed by atoms with van der Waals surface area (Å²) in [6.07, 6.45) is 18.9. The molecule has 1 atom stereocenters. The van der Waals surface area contributed by atoms with Gasteiger partial charge < -0.3 is 9.64 Å². The first kappa shape index (κ1) is 27.5. The van der Waals surface area contributed by atoms with Crippen molar-refractivity contribution in [2.75, 3.05) is 19.6 Å². The summed E-state index contributed by atoms with van der Waals surface area (Å²) in [7, 11) is 0. The van der Waals surface area contributed by atoms with Crippen molar-refractivity contribution in [1.29, 1.82) is 0 Å². The van der Waals surface area contributed by atoms with Gasteiger partial charge in [0, 0.05) is 25.6 Å². The number of hydrogen-bond donors (Lipinski definition) is 0. The molecule has 1 rings (SSSR count). The van der Waals surface area contributed by atoms with Gasteiger partial charge in [-0.2, -0.15) is 0 Å². The van der Waals surface area contributed by atoms with Crippen LogP contribution in [0.3, 0.4) is 0 Å². The summed E-state index contributed by atoms with van der Waals surface area (Å²) in [4.78, 5) is 2.72. The first-order valence-corrected chi connectivity index (χ1v) is 13.5. The van der Waals surface area contributed by atoms with E-state index in [1.54, 1.807) is 0 Å². The Kier molecular flexibility index (Phi) is 16.6. The van der Waals surface area contributed by atoms with Gasteiger partial charge in [0.05, 0.1) is 6.10 Å². The van der Waals surface area contributed by atoms with Gasteiger partial charge in [0.2, 0.25) is 0 Å². The van der Waals surface area contributed by atoms with Gasteiger partial charge in [-0.05, 0) is 51.4 Å². The van der Waals surface area contributed by atoms with Crippen LogP contribution < -0.4 is 0 Å². The molecule has 0 aliphatic carbocycles. The Hall–Kier alpha value is -0.520. The number of piperidine rings is 1. The Morgan fingerprint density at radius 1 is 0.767 bits per heavy atom. The molecule has 0 bridgehead atoms. The predicted molar refractivity (Wildman–Crippen MR) is 133 cm³/mol. The molecule has 1 saturated heterocycles. The van der Waals surface area contributed by atoms with E-state index in [9.17, 15) is 0 Å². The van der Waals surface area contributed by atoms with Crippen LogP contribution in [0.4, 0.5) is 0 Å². The fourth-order valence-electron chi connectivity index (χ4n) is 4.83. The zero-order valence-corrected chi connectivity index (χ0v) is 21.2. The van der Waals surface area contributed by atoms with Crippen molar-refractivity contribution >= 4 is 0 Å². The average Bonchev–Trinajstić information content (AvgIpc) is 2.74. The molecule has 1 fully saturated rings. The first-order valence-electron chi connectivity index (χ1n) is 13.5. The molecule has 0 aromatic heterocycles. The third-order valence-corrected chi connectivity index (χ3v) is 6.64. The molecule has 0 aromatic carbocycles. The van der Waals surface area contributed by atoms with Crippen molar-refractivity contribution in [2.24, 2.45) is 11.8 Å². The molecule has 2 heteroatoms. The van der Waals surface area contributed by atoms with Crippen LogP contribution in [0.5, 0.6) is 0 Å². The highest BCUT2D eigenvalue weighted by Crippen LogP contribution is 2.22. The van der Waals surface area contributed by atoms with Crippen molar-refractivity contribution in [3.63, 3.8) is 0 Å². The molecule has 0 aromatic rings. The lowest BCUT2D eigenvalue weighted by molar-refractivity contribution is -0.0146. The van der Waals surface area contributed by atoms with Crippen LogP contribution in [0.2, 0.25) is 0 Å². The minimum atomic E-state index is 0.0774.